The zero-order valence-corrected chi connectivity index (χ0v) is 9.61. The molecule has 7 heteroatoms. The molecule has 90 valence electrons. The predicted molar refractivity (Wildman–Crippen MR) is 59.9 cm³/mol. The molecule has 1 aromatic heterocycles. The minimum Gasteiger partial charge on any atom is -0.481 e. The maximum atomic E-state index is 11.6. The lowest BCUT2D eigenvalue weighted by atomic mass is 10.4. The number of halogens is 1. The summed E-state index contributed by atoms with van der Waals surface area (Å²) in [6, 6.07) is 2.86. The van der Waals surface area contributed by atoms with Gasteiger partial charge in [0, 0.05) is 19.3 Å². The molecule has 1 aliphatic heterocycles. The average molecular weight is 256 g/mol. The van der Waals surface area contributed by atoms with Gasteiger partial charge in [-0.25, -0.2) is 9.78 Å². The van der Waals surface area contributed by atoms with Crippen molar-refractivity contribution in [3.8, 4) is 5.75 Å². The predicted octanol–water partition coefficient (Wildman–Crippen LogP) is 0.666. The van der Waals surface area contributed by atoms with Crippen molar-refractivity contribution in [2.24, 2.45) is 0 Å². The first kappa shape index (κ1) is 11.7. The molecule has 1 N–H and O–H groups in total. The van der Waals surface area contributed by atoms with E-state index in [-0.39, 0.29) is 11.8 Å². The van der Waals surface area contributed by atoms with Crippen molar-refractivity contribution in [3.63, 3.8) is 0 Å². The summed E-state index contributed by atoms with van der Waals surface area (Å²) in [7, 11) is 0. The van der Waals surface area contributed by atoms with Gasteiger partial charge in [0.2, 0.25) is 0 Å². The quantitative estimate of drug-likeness (QED) is 0.806. The van der Waals surface area contributed by atoms with Crippen molar-refractivity contribution in [1.29, 1.82) is 0 Å². The van der Waals surface area contributed by atoms with Crippen LogP contribution in [0.1, 0.15) is 0 Å². The van der Waals surface area contributed by atoms with Crippen LogP contribution in [0.5, 0.6) is 5.75 Å². The molecule has 0 aliphatic carbocycles. The first-order chi connectivity index (χ1) is 8.18. The summed E-state index contributed by atoms with van der Waals surface area (Å²) in [5.41, 5.74) is 0. The number of hydrogen-bond acceptors (Lipinski definition) is 4. The van der Waals surface area contributed by atoms with E-state index >= 15 is 0 Å². The lowest BCUT2D eigenvalue weighted by Gasteiger charge is -2.12. The van der Waals surface area contributed by atoms with E-state index in [1.54, 1.807) is 12.1 Å². The van der Waals surface area contributed by atoms with Gasteiger partial charge in [0.15, 0.2) is 17.5 Å². The van der Waals surface area contributed by atoms with Gasteiger partial charge < -0.3 is 10.1 Å². The molecule has 0 unspecified atom stereocenters. The fraction of sp³-hybridized carbons (Fsp3) is 0.300. The molecule has 0 saturated carbocycles. The maximum Gasteiger partial charge on any atom is 0.324 e. The van der Waals surface area contributed by atoms with Crippen LogP contribution in [0, 0.1) is 0 Å². The van der Waals surface area contributed by atoms with Crippen molar-refractivity contribution >= 4 is 23.5 Å². The van der Waals surface area contributed by atoms with E-state index in [4.69, 9.17) is 16.3 Å². The van der Waals surface area contributed by atoms with E-state index in [1.807, 2.05) is 0 Å². The van der Waals surface area contributed by atoms with Crippen molar-refractivity contribution < 1.29 is 14.3 Å². The Morgan fingerprint density at radius 1 is 1.65 bits per heavy atom. The van der Waals surface area contributed by atoms with Crippen LogP contribution in [-0.4, -0.2) is 41.5 Å². The van der Waals surface area contributed by atoms with Gasteiger partial charge >= 0.3 is 6.03 Å². The highest BCUT2D eigenvalue weighted by atomic mass is 35.5. The van der Waals surface area contributed by atoms with E-state index in [9.17, 15) is 9.59 Å². The molecule has 17 heavy (non-hydrogen) atoms. The van der Waals surface area contributed by atoms with Crippen LogP contribution in [0.3, 0.4) is 0 Å². The third-order valence-corrected chi connectivity index (χ3v) is 2.52. The van der Waals surface area contributed by atoms with Crippen molar-refractivity contribution in [3.05, 3.63) is 23.5 Å². The summed E-state index contributed by atoms with van der Waals surface area (Å²) in [4.78, 5) is 27.7. The molecule has 0 bridgehead atoms. The zero-order chi connectivity index (χ0) is 12.3. The van der Waals surface area contributed by atoms with Gasteiger partial charge in [-0.3, -0.25) is 9.69 Å². The Morgan fingerprint density at radius 2 is 2.47 bits per heavy atom. The Bertz CT molecular complexity index is 452. The lowest BCUT2D eigenvalue weighted by molar-refractivity contribution is -0.129. The van der Waals surface area contributed by atoms with Gasteiger partial charge in [0.25, 0.3) is 5.91 Å². The molecule has 1 aliphatic rings. The van der Waals surface area contributed by atoms with Gasteiger partial charge in [-0.1, -0.05) is 11.6 Å². The fourth-order valence-electron chi connectivity index (χ4n) is 1.41. The average Bonchev–Trinajstić information content (AvgIpc) is 2.74. The second-order valence-corrected chi connectivity index (χ2v) is 3.72. The van der Waals surface area contributed by atoms with E-state index in [0.717, 1.165) is 4.90 Å². The van der Waals surface area contributed by atoms with Crippen molar-refractivity contribution in [2.75, 3.05) is 19.7 Å². The molecule has 3 amide bonds. The van der Waals surface area contributed by atoms with Gasteiger partial charge in [0.05, 0.1) is 0 Å². The molecule has 6 nitrogen and oxygen atoms in total. The summed E-state index contributed by atoms with van der Waals surface area (Å²) in [5, 5.41) is 2.72. The van der Waals surface area contributed by atoms with Crippen LogP contribution in [0.15, 0.2) is 18.3 Å². The molecule has 2 heterocycles. The number of carbonyl (C=O) groups excluding carboxylic acids is 2. The topological polar surface area (TPSA) is 71.5 Å². The number of rotatable bonds is 3. The largest absolute Gasteiger partial charge is 0.481 e. The number of nitrogens with zero attached hydrogens (tertiary/aromatic N) is 2. The standard InChI is InChI=1S/C10H10ClN3O3/c11-9-7(2-1-3-12-9)17-6-8(15)14-5-4-13-10(14)16/h1-3H,4-6H2,(H,13,16). The number of amides is 3. The molecule has 0 radical (unpaired) electrons. The molecule has 1 saturated heterocycles. The monoisotopic (exact) mass is 255 g/mol. The SMILES string of the molecule is O=C(COc1cccnc1Cl)N1CCNC1=O. The molecule has 0 atom stereocenters. The first-order valence-electron chi connectivity index (χ1n) is 5.00. The highest BCUT2D eigenvalue weighted by Gasteiger charge is 2.26. The Balaban J connectivity index is 1.92. The molecule has 2 rings (SSSR count). The fourth-order valence-corrected chi connectivity index (χ4v) is 1.58. The van der Waals surface area contributed by atoms with E-state index in [0.29, 0.717) is 18.8 Å². The Hall–Kier alpha value is -1.82. The number of ether oxygens (including phenoxy) is 1. The van der Waals surface area contributed by atoms with E-state index in [2.05, 4.69) is 10.3 Å². The Labute approximate surface area is 103 Å². The van der Waals surface area contributed by atoms with Gasteiger partial charge in [-0.05, 0) is 12.1 Å². The maximum absolute atomic E-state index is 11.6. The van der Waals surface area contributed by atoms with Crippen LogP contribution in [-0.2, 0) is 4.79 Å². The lowest BCUT2D eigenvalue weighted by Crippen LogP contribution is -2.37. The summed E-state index contributed by atoms with van der Waals surface area (Å²) < 4.78 is 5.19. The molecular weight excluding hydrogens is 246 g/mol. The third-order valence-electron chi connectivity index (χ3n) is 2.23. The number of hydrogen-bond donors (Lipinski definition) is 1. The van der Waals surface area contributed by atoms with Crippen LogP contribution < -0.4 is 10.1 Å². The molecule has 0 spiro atoms. The summed E-state index contributed by atoms with van der Waals surface area (Å²) in [6.45, 7) is 0.596. The normalized spacial score (nSPS) is 14.6. The third kappa shape index (κ3) is 2.65. The molecule has 1 fully saturated rings. The number of carbonyl (C=O) groups is 2. The van der Waals surface area contributed by atoms with Crippen LogP contribution in [0.2, 0.25) is 5.15 Å². The van der Waals surface area contributed by atoms with Gasteiger partial charge in [-0.15, -0.1) is 0 Å². The zero-order valence-electron chi connectivity index (χ0n) is 8.85. The summed E-state index contributed by atoms with van der Waals surface area (Å²) in [6.07, 6.45) is 1.52. The van der Waals surface area contributed by atoms with Crippen LogP contribution in [0.25, 0.3) is 0 Å². The molecular formula is C10H10ClN3O3. The highest BCUT2D eigenvalue weighted by Crippen LogP contribution is 2.20. The second-order valence-electron chi connectivity index (χ2n) is 3.36. The number of urea groups is 1. The van der Waals surface area contributed by atoms with Crippen LogP contribution in [0.4, 0.5) is 4.79 Å². The van der Waals surface area contributed by atoms with E-state index in [1.165, 1.54) is 6.20 Å². The van der Waals surface area contributed by atoms with Crippen molar-refractivity contribution in [1.82, 2.24) is 15.2 Å². The van der Waals surface area contributed by atoms with Crippen LogP contribution >= 0.6 is 11.6 Å². The van der Waals surface area contributed by atoms with Crippen molar-refractivity contribution in [2.45, 2.75) is 0 Å². The number of nitrogens with one attached hydrogen (secondary N) is 1. The second kappa shape index (κ2) is 5.01. The smallest absolute Gasteiger partial charge is 0.324 e. The molecule has 0 aromatic carbocycles. The molecule has 1 aromatic rings. The number of aromatic nitrogens is 1. The summed E-state index contributed by atoms with van der Waals surface area (Å²) in [5.74, 6) is -0.0814. The number of imide groups is 1. The van der Waals surface area contributed by atoms with Gasteiger partial charge in [-0.2, -0.15) is 0 Å². The van der Waals surface area contributed by atoms with Gasteiger partial charge in [0.1, 0.15) is 0 Å². The minimum atomic E-state index is -0.403. The Morgan fingerprint density at radius 3 is 3.12 bits per heavy atom. The Kier molecular flexibility index (Phi) is 3.43. The minimum absolute atomic E-state index is 0.186. The number of pyridine rings is 1. The van der Waals surface area contributed by atoms with E-state index < -0.39 is 11.9 Å². The summed E-state index contributed by atoms with van der Waals surface area (Å²) >= 11 is 5.76. The first-order valence-corrected chi connectivity index (χ1v) is 5.38. The highest BCUT2D eigenvalue weighted by molar-refractivity contribution is 6.30.